The third-order valence-corrected chi connectivity index (χ3v) is 3.90. The van der Waals surface area contributed by atoms with Gasteiger partial charge in [0.2, 0.25) is 0 Å². The summed E-state index contributed by atoms with van der Waals surface area (Å²) in [4.78, 5) is 14.3. The lowest BCUT2D eigenvalue weighted by Crippen LogP contribution is -2.40. The smallest absolute Gasteiger partial charge is 0.152 e. The van der Waals surface area contributed by atoms with Crippen LogP contribution < -0.4 is 0 Å². The van der Waals surface area contributed by atoms with E-state index in [1.54, 1.807) is 0 Å². The number of Topliss-reactive ketones (excluding diaryl/α,β-unsaturated/α-hetero) is 1. The number of rotatable bonds is 5. The lowest BCUT2D eigenvalue weighted by Gasteiger charge is -2.32. The number of hydrogen-bond acceptors (Lipinski definition) is 4. The van der Waals surface area contributed by atoms with Crippen molar-refractivity contribution < 1.29 is 14.6 Å². The van der Waals surface area contributed by atoms with Gasteiger partial charge in [-0.15, -0.1) is 0 Å². The minimum atomic E-state index is 0.133. The highest BCUT2D eigenvalue weighted by molar-refractivity contribution is 5.83. The van der Waals surface area contributed by atoms with Crippen molar-refractivity contribution in [3.8, 4) is 0 Å². The zero-order chi connectivity index (χ0) is 12.1. The maximum Gasteiger partial charge on any atom is 0.152 e. The van der Waals surface area contributed by atoms with Crippen molar-refractivity contribution in [1.82, 2.24) is 4.90 Å². The summed E-state index contributed by atoms with van der Waals surface area (Å²) >= 11 is 0. The van der Waals surface area contributed by atoms with E-state index >= 15 is 0 Å². The molecule has 0 aliphatic carbocycles. The molecule has 0 aromatic heterocycles. The summed E-state index contributed by atoms with van der Waals surface area (Å²) in [5, 5.41) is 8.96. The van der Waals surface area contributed by atoms with Crippen LogP contribution >= 0.6 is 0 Å². The van der Waals surface area contributed by atoms with E-state index in [0.29, 0.717) is 24.9 Å². The first-order chi connectivity index (χ1) is 8.29. The molecule has 98 valence electrons. The van der Waals surface area contributed by atoms with Gasteiger partial charge >= 0.3 is 0 Å². The van der Waals surface area contributed by atoms with E-state index in [2.05, 4.69) is 4.90 Å². The zero-order valence-corrected chi connectivity index (χ0v) is 10.4. The van der Waals surface area contributed by atoms with Crippen LogP contribution in [0.25, 0.3) is 0 Å². The summed E-state index contributed by atoms with van der Waals surface area (Å²) in [6.07, 6.45) is 4.11. The number of hydrogen-bond donors (Lipinski definition) is 1. The molecule has 0 saturated carbocycles. The molecule has 2 saturated heterocycles. The third-order valence-electron chi connectivity index (χ3n) is 3.90. The molecule has 2 aliphatic heterocycles. The molecule has 0 aromatic rings. The number of aliphatic hydroxyl groups excluding tert-OH is 1. The van der Waals surface area contributed by atoms with Crippen LogP contribution in [0.4, 0.5) is 0 Å². The van der Waals surface area contributed by atoms with Crippen molar-refractivity contribution in [1.29, 1.82) is 0 Å². The number of aliphatic hydroxyl groups is 1. The quantitative estimate of drug-likeness (QED) is 0.769. The van der Waals surface area contributed by atoms with Crippen molar-refractivity contribution in [2.45, 2.75) is 25.7 Å². The fourth-order valence-electron chi connectivity index (χ4n) is 2.85. The highest BCUT2D eigenvalue weighted by atomic mass is 16.5. The predicted molar refractivity (Wildman–Crippen MR) is 64.8 cm³/mol. The average Bonchev–Trinajstić information content (AvgIpc) is 2.83. The largest absolute Gasteiger partial charge is 0.396 e. The van der Waals surface area contributed by atoms with Gasteiger partial charge in [0.25, 0.3) is 0 Å². The molecule has 4 heteroatoms. The average molecular weight is 241 g/mol. The Hall–Kier alpha value is -0.450. The summed E-state index contributed by atoms with van der Waals surface area (Å²) in [7, 11) is 0. The molecule has 2 fully saturated rings. The number of ketones is 1. The summed E-state index contributed by atoms with van der Waals surface area (Å²) in [5.41, 5.74) is 0. The second-order valence-electron chi connectivity index (χ2n) is 5.28. The molecule has 0 aromatic carbocycles. The first kappa shape index (κ1) is 13.0. The molecule has 0 spiro atoms. The Morgan fingerprint density at radius 3 is 3.00 bits per heavy atom. The Labute approximate surface area is 103 Å². The predicted octanol–water partition coefficient (Wildman–Crippen LogP) is 0.686. The maximum atomic E-state index is 12.0. The summed E-state index contributed by atoms with van der Waals surface area (Å²) in [6, 6.07) is 0. The van der Waals surface area contributed by atoms with E-state index in [4.69, 9.17) is 9.84 Å². The van der Waals surface area contributed by atoms with Gasteiger partial charge in [0.1, 0.15) is 0 Å². The molecule has 2 heterocycles. The Balaban J connectivity index is 1.75. The Morgan fingerprint density at radius 2 is 2.29 bits per heavy atom. The van der Waals surface area contributed by atoms with Crippen molar-refractivity contribution in [3.63, 3.8) is 0 Å². The van der Waals surface area contributed by atoms with Crippen LogP contribution in [0.1, 0.15) is 25.7 Å². The summed E-state index contributed by atoms with van der Waals surface area (Å²) in [5.74, 6) is 1.04. The van der Waals surface area contributed by atoms with Gasteiger partial charge in [-0.1, -0.05) is 0 Å². The number of likely N-dealkylation sites (tertiary alicyclic amines) is 1. The summed E-state index contributed by atoms with van der Waals surface area (Å²) < 4.78 is 5.25. The molecular formula is C13H23NO3. The number of piperidine rings is 1. The van der Waals surface area contributed by atoms with Gasteiger partial charge in [-0.3, -0.25) is 9.69 Å². The van der Waals surface area contributed by atoms with Crippen LogP contribution in [-0.2, 0) is 9.53 Å². The molecular weight excluding hydrogens is 218 g/mol. The first-order valence-electron chi connectivity index (χ1n) is 6.73. The van der Waals surface area contributed by atoms with E-state index in [1.807, 2.05) is 0 Å². The molecule has 4 nitrogen and oxygen atoms in total. The van der Waals surface area contributed by atoms with Gasteiger partial charge in [0.15, 0.2) is 5.78 Å². The zero-order valence-electron chi connectivity index (χ0n) is 10.4. The molecule has 0 amide bonds. The van der Waals surface area contributed by atoms with Gasteiger partial charge in [-0.2, -0.15) is 0 Å². The Morgan fingerprint density at radius 1 is 1.41 bits per heavy atom. The van der Waals surface area contributed by atoms with Crippen molar-refractivity contribution >= 4 is 5.78 Å². The third kappa shape index (κ3) is 3.76. The van der Waals surface area contributed by atoms with Gasteiger partial charge in [-0.05, 0) is 38.1 Å². The second kappa shape index (κ2) is 6.47. The SMILES string of the molecule is O=C(CN1CCCC(CCO)C1)C1CCOC1. The monoisotopic (exact) mass is 241 g/mol. The fraction of sp³-hybridized carbons (Fsp3) is 0.923. The Kier molecular flexibility index (Phi) is 4.95. The lowest BCUT2D eigenvalue weighted by atomic mass is 9.94. The van der Waals surface area contributed by atoms with Crippen molar-refractivity contribution in [2.75, 3.05) is 39.5 Å². The highest BCUT2D eigenvalue weighted by Gasteiger charge is 2.27. The number of carbonyl (C=O) groups is 1. The molecule has 2 aliphatic rings. The minimum absolute atomic E-state index is 0.133. The normalized spacial score (nSPS) is 30.6. The fourth-order valence-corrected chi connectivity index (χ4v) is 2.85. The second-order valence-corrected chi connectivity index (χ2v) is 5.28. The van der Waals surface area contributed by atoms with Crippen LogP contribution in [0.2, 0.25) is 0 Å². The molecule has 2 rings (SSSR count). The molecule has 1 N–H and O–H groups in total. The van der Waals surface area contributed by atoms with Crippen LogP contribution in [0.5, 0.6) is 0 Å². The van der Waals surface area contributed by atoms with E-state index in [1.165, 1.54) is 6.42 Å². The van der Waals surface area contributed by atoms with Gasteiger partial charge in [0.05, 0.1) is 13.2 Å². The molecule has 0 radical (unpaired) electrons. The van der Waals surface area contributed by atoms with Gasteiger partial charge in [0, 0.05) is 25.7 Å². The van der Waals surface area contributed by atoms with Crippen molar-refractivity contribution in [2.24, 2.45) is 11.8 Å². The standard InChI is InChI=1S/C13H23NO3/c15-6-3-11-2-1-5-14(8-11)9-13(16)12-4-7-17-10-12/h11-12,15H,1-10H2. The molecule has 2 atom stereocenters. The highest BCUT2D eigenvalue weighted by Crippen LogP contribution is 2.20. The van der Waals surface area contributed by atoms with Crippen molar-refractivity contribution in [3.05, 3.63) is 0 Å². The number of carbonyl (C=O) groups excluding carboxylic acids is 1. The number of ether oxygens (including phenoxy) is 1. The van der Waals surface area contributed by atoms with Crippen LogP contribution in [-0.4, -0.2) is 55.2 Å². The van der Waals surface area contributed by atoms with Crippen LogP contribution in [0.3, 0.4) is 0 Å². The van der Waals surface area contributed by atoms with E-state index < -0.39 is 0 Å². The maximum absolute atomic E-state index is 12.0. The molecule has 0 bridgehead atoms. The van der Waals surface area contributed by atoms with E-state index in [9.17, 15) is 4.79 Å². The van der Waals surface area contributed by atoms with Gasteiger partial charge < -0.3 is 9.84 Å². The van der Waals surface area contributed by atoms with E-state index in [-0.39, 0.29) is 12.5 Å². The Bertz CT molecular complexity index is 249. The first-order valence-corrected chi connectivity index (χ1v) is 6.73. The van der Waals surface area contributed by atoms with Crippen LogP contribution in [0, 0.1) is 11.8 Å². The summed E-state index contributed by atoms with van der Waals surface area (Å²) in [6.45, 7) is 4.20. The molecule has 17 heavy (non-hydrogen) atoms. The lowest BCUT2D eigenvalue weighted by molar-refractivity contribution is -0.124. The van der Waals surface area contributed by atoms with Crippen LogP contribution in [0.15, 0.2) is 0 Å². The van der Waals surface area contributed by atoms with E-state index in [0.717, 1.165) is 39.0 Å². The molecule has 2 unspecified atom stereocenters. The number of nitrogens with zero attached hydrogens (tertiary/aromatic N) is 1. The minimum Gasteiger partial charge on any atom is -0.396 e. The van der Waals surface area contributed by atoms with Gasteiger partial charge in [-0.25, -0.2) is 0 Å². The topological polar surface area (TPSA) is 49.8 Å².